The van der Waals surface area contributed by atoms with Crippen LogP contribution in [0.1, 0.15) is 63.1 Å². The lowest BCUT2D eigenvalue weighted by Crippen LogP contribution is -2.26. The minimum absolute atomic E-state index is 0.120. The molecule has 0 aliphatic rings. The van der Waals surface area contributed by atoms with Crippen molar-refractivity contribution in [3.63, 3.8) is 0 Å². The molecule has 0 aliphatic carbocycles. The van der Waals surface area contributed by atoms with E-state index in [2.05, 4.69) is 72.8 Å². The van der Waals surface area contributed by atoms with Crippen molar-refractivity contribution in [1.29, 1.82) is 0 Å². The summed E-state index contributed by atoms with van der Waals surface area (Å²) in [6.45, 7) is 10.2. The molecule has 0 heterocycles. The van der Waals surface area contributed by atoms with Gasteiger partial charge in [0.25, 0.3) is 0 Å². The Morgan fingerprint density at radius 3 is 2.33 bits per heavy atom. The summed E-state index contributed by atoms with van der Waals surface area (Å²) in [7, 11) is 0. The third-order valence-corrected chi connectivity index (χ3v) is 5.77. The standard InChI is InChI=1S/C24H31IO2/c1-6-19(10-7-18-8-12-21(25)13-9-18)20-11-14-22(17(2)15-20)27-16-23(26)24(3,4)5/h8-9,11-15,19H,6-7,10,16H2,1-5H3. The highest BCUT2D eigenvalue weighted by atomic mass is 127. The third kappa shape index (κ3) is 6.63. The second-order valence-electron chi connectivity index (χ2n) is 8.26. The van der Waals surface area contributed by atoms with Crippen LogP contribution in [0.15, 0.2) is 42.5 Å². The number of hydrogen-bond acceptors (Lipinski definition) is 2. The molecular weight excluding hydrogens is 447 g/mol. The van der Waals surface area contributed by atoms with E-state index in [1.807, 2.05) is 26.8 Å². The lowest BCUT2D eigenvalue weighted by Gasteiger charge is -2.19. The zero-order chi connectivity index (χ0) is 20.0. The first kappa shape index (κ1) is 21.9. The summed E-state index contributed by atoms with van der Waals surface area (Å²) in [6.07, 6.45) is 3.35. The Labute approximate surface area is 177 Å². The van der Waals surface area contributed by atoms with Crippen molar-refractivity contribution in [3.8, 4) is 5.75 Å². The number of benzene rings is 2. The SMILES string of the molecule is CCC(CCc1ccc(I)cc1)c1ccc(OCC(=O)C(C)(C)C)c(C)c1. The molecule has 3 heteroatoms. The number of carbonyl (C=O) groups is 1. The molecule has 0 aliphatic heterocycles. The van der Waals surface area contributed by atoms with Gasteiger partial charge in [-0.15, -0.1) is 0 Å². The fourth-order valence-electron chi connectivity index (χ4n) is 3.05. The molecule has 2 nitrogen and oxygen atoms in total. The van der Waals surface area contributed by atoms with Crippen molar-refractivity contribution >= 4 is 28.4 Å². The largest absolute Gasteiger partial charge is 0.486 e. The first-order valence-corrected chi connectivity index (χ1v) is 10.8. The molecule has 2 aromatic carbocycles. The second kappa shape index (κ2) is 9.72. The zero-order valence-corrected chi connectivity index (χ0v) is 19.3. The van der Waals surface area contributed by atoms with Gasteiger partial charge in [0.1, 0.15) is 12.4 Å². The normalized spacial score (nSPS) is 12.7. The van der Waals surface area contributed by atoms with Crippen LogP contribution in [0.25, 0.3) is 0 Å². The summed E-state index contributed by atoms with van der Waals surface area (Å²) < 4.78 is 7.06. The lowest BCUT2D eigenvalue weighted by molar-refractivity contribution is -0.128. The van der Waals surface area contributed by atoms with Crippen LogP contribution in [0.2, 0.25) is 0 Å². The van der Waals surface area contributed by atoms with Gasteiger partial charge in [-0.1, -0.05) is 52.0 Å². The van der Waals surface area contributed by atoms with E-state index in [0.717, 1.165) is 30.6 Å². The van der Waals surface area contributed by atoms with Gasteiger partial charge in [0.15, 0.2) is 5.78 Å². The zero-order valence-electron chi connectivity index (χ0n) is 17.1. The molecule has 0 amide bonds. The quantitative estimate of drug-likeness (QED) is 0.394. The van der Waals surface area contributed by atoms with Gasteiger partial charge in [-0.2, -0.15) is 0 Å². The van der Waals surface area contributed by atoms with Crippen LogP contribution < -0.4 is 4.74 Å². The van der Waals surface area contributed by atoms with Crippen molar-refractivity contribution in [3.05, 3.63) is 62.7 Å². The average Bonchev–Trinajstić information content (AvgIpc) is 2.62. The fourth-order valence-corrected chi connectivity index (χ4v) is 3.41. The van der Waals surface area contributed by atoms with Gasteiger partial charge in [0.05, 0.1) is 0 Å². The molecule has 27 heavy (non-hydrogen) atoms. The van der Waals surface area contributed by atoms with Crippen LogP contribution in [0.4, 0.5) is 0 Å². The van der Waals surface area contributed by atoms with E-state index >= 15 is 0 Å². The third-order valence-electron chi connectivity index (χ3n) is 5.05. The van der Waals surface area contributed by atoms with Crippen molar-refractivity contribution in [1.82, 2.24) is 0 Å². The Morgan fingerprint density at radius 1 is 1.11 bits per heavy atom. The summed E-state index contributed by atoms with van der Waals surface area (Å²) in [5.74, 6) is 1.46. The highest BCUT2D eigenvalue weighted by molar-refractivity contribution is 14.1. The van der Waals surface area contributed by atoms with Crippen LogP contribution in [0.5, 0.6) is 5.75 Å². The molecule has 0 spiro atoms. The number of carbonyl (C=O) groups excluding carboxylic acids is 1. The summed E-state index contributed by atoms with van der Waals surface area (Å²) >= 11 is 2.34. The number of aryl methyl sites for hydroxylation is 2. The number of rotatable bonds is 8. The number of ketones is 1. The molecule has 0 fully saturated rings. The van der Waals surface area contributed by atoms with Gasteiger partial charge in [-0.25, -0.2) is 0 Å². The first-order valence-electron chi connectivity index (χ1n) is 9.71. The van der Waals surface area contributed by atoms with E-state index in [9.17, 15) is 4.79 Å². The molecule has 146 valence electrons. The van der Waals surface area contributed by atoms with Gasteiger partial charge in [-0.3, -0.25) is 4.79 Å². The Hall–Kier alpha value is -1.36. The number of hydrogen-bond donors (Lipinski definition) is 0. The molecular formula is C24H31IO2. The minimum atomic E-state index is -0.364. The van der Waals surface area contributed by atoms with E-state index < -0.39 is 0 Å². The van der Waals surface area contributed by atoms with Crippen LogP contribution in [0, 0.1) is 15.9 Å². The molecule has 0 saturated heterocycles. The molecule has 1 atom stereocenters. The molecule has 0 radical (unpaired) electrons. The molecule has 2 rings (SSSR count). The molecule has 0 aromatic heterocycles. The Bertz CT molecular complexity index is 757. The lowest BCUT2D eigenvalue weighted by atomic mass is 9.89. The topological polar surface area (TPSA) is 26.3 Å². The highest BCUT2D eigenvalue weighted by Crippen LogP contribution is 2.29. The maximum absolute atomic E-state index is 12.1. The predicted molar refractivity (Wildman–Crippen MR) is 122 cm³/mol. The van der Waals surface area contributed by atoms with E-state index in [-0.39, 0.29) is 17.8 Å². The van der Waals surface area contributed by atoms with Gasteiger partial charge < -0.3 is 4.74 Å². The molecule has 1 unspecified atom stereocenters. The Balaban J connectivity index is 2.01. The highest BCUT2D eigenvalue weighted by Gasteiger charge is 2.22. The minimum Gasteiger partial charge on any atom is -0.486 e. The predicted octanol–water partition coefficient (Wildman–Crippen LogP) is 6.72. The monoisotopic (exact) mass is 478 g/mol. The maximum Gasteiger partial charge on any atom is 0.175 e. The number of Topliss-reactive ketones (excluding diaryl/α,β-unsaturated/α-hetero) is 1. The van der Waals surface area contributed by atoms with E-state index in [1.165, 1.54) is 14.7 Å². The maximum atomic E-state index is 12.1. The second-order valence-corrected chi connectivity index (χ2v) is 9.50. The van der Waals surface area contributed by atoms with Crippen LogP contribution in [-0.4, -0.2) is 12.4 Å². The Kier molecular flexibility index (Phi) is 7.90. The van der Waals surface area contributed by atoms with Crippen molar-refractivity contribution in [2.75, 3.05) is 6.61 Å². The summed E-state index contributed by atoms with van der Waals surface area (Å²) in [4.78, 5) is 12.1. The molecule has 2 aromatic rings. The summed E-state index contributed by atoms with van der Waals surface area (Å²) in [5, 5.41) is 0. The van der Waals surface area contributed by atoms with Crippen LogP contribution in [-0.2, 0) is 11.2 Å². The van der Waals surface area contributed by atoms with E-state index in [0.29, 0.717) is 5.92 Å². The van der Waals surface area contributed by atoms with Crippen molar-refractivity contribution in [2.45, 2.75) is 59.8 Å². The Morgan fingerprint density at radius 2 is 1.78 bits per heavy atom. The van der Waals surface area contributed by atoms with Gasteiger partial charge in [0.2, 0.25) is 0 Å². The fraction of sp³-hybridized carbons (Fsp3) is 0.458. The van der Waals surface area contributed by atoms with Gasteiger partial charge in [-0.05, 0) is 89.6 Å². The average molecular weight is 478 g/mol. The van der Waals surface area contributed by atoms with Gasteiger partial charge in [0, 0.05) is 8.99 Å². The van der Waals surface area contributed by atoms with E-state index in [4.69, 9.17) is 4.74 Å². The van der Waals surface area contributed by atoms with E-state index in [1.54, 1.807) is 0 Å². The van der Waals surface area contributed by atoms with Crippen molar-refractivity contribution < 1.29 is 9.53 Å². The van der Waals surface area contributed by atoms with Crippen LogP contribution in [0.3, 0.4) is 0 Å². The number of halogens is 1. The molecule has 0 bridgehead atoms. The van der Waals surface area contributed by atoms with Crippen LogP contribution >= 0.6 is 22.6 Å². The molecule has 0 saturated carbocycles. The van der Waals surface area contributed by atoms with Crippen molar-refractivity contribution in [2.24, 2.45) is 5.41 Å². The summed E-state index contributed by atoms with van der Waals surface area (Å²) in [5.41, 5.74) is 3.49. The number of ether oxygens (including phenoxy) is 1. The first-order chi connectivity index (χ1) is 12.7. The molecule has 0 N–H and O–H groups in total. The smallest absolute Gasteiger partial charge is 0.175 e. The van der Waals surface area contributed by atoms with Gasteiger partial charge >= 0.3 is 0 Å². The summed E-state index contributed by atoms with van der Waals surface area (Å²) in [6, 6.07) is 15.2.